The number of hydrogen-bond acceptors (Lipinski definition) is 7. The zero-order chi connectivity index (χ0) is 18.6. The van der Waals surface area contributed by atoms with Crippen molar-refractivity contribution in [3.63, 3.8) is 0 Å². The van der Waals surface area contributed by atoms with Crippen LogP contribution >= 0.6 is 0 Å². The number of benzene rings is 1. The van der Waals surface area contributed by atoms with Gasteiger partial charge in [-0.15, -0.1) is 0 Å². The average Bonchev–Trinajstić information content (AvgIpc) is 2.60. The number of carbonyl (C=O) groups is 3. The van der Waals surface area contributed by atoms with E-state index in [1.54, 1.807) is 26.0 Å². The van der Waals surface area contributed by atoms with Crippen LogP contribution in [0.15, 0.2) is 12.1 Å². The molecule has 1 aliphatic rings. The van der Waals surface area contributed by atoms with Crippen LogP contribution in [0.3, 0.4) is 0 Å². The van der Waals surface area contributed by atoms with Crippen molar-refractivity contribution in [3.05, 3.63) is 23.3 Å². The molecule has 1 aliphatic carbocycles. The largest absolute Gasteiger partial charge is 0.496 e. The molecule has 0 atom stereocenters. The maximum absolute atomic E-state index is 12.8. The van der Waals surface area contributed by atoms with Gasteiger partial charge in [-0.1, -0.05) is 0 Å². The van der Waals surface area contributed by atoms with E-state index >= 15 is 0 Å². The number of ketones is 1. The van der Waals surface area contributed by atoms with Crippen molar-refractivity contribution >= 4 is 17.7 Å². The van der Waals surface area contributed by atoms with E-state index in [-0.39, 0.29) is 26.1 Å². The number of esters is 2. The van der Waals surface area contributed by atoms with Crippen molar-refractivity contribution < 1.29 is 33.3 Å². The second-order valence-corrected chi connectivity index (χ2v) is 5.62. The van der Waals surface area contributed by atoms with E-state index in [4.69, 9.17) is 18.9 Å². The zero-order valence-corrected chi connectivity index (χ0v) is 14.8. The van der Waals surface area contributed by atoms with Crippen LogP contribution in [0.25, 0.3) is 0 Å². The number of Topliss-reactive ketones (excluding diaryl/α,β-unsaturated/α-hetero) is 1. The van der Waals surface area contributed by atoms with Gasteiger partial charge in [0.25, 0.3) is 0 Å². The van der Waals surface area contributed by atoms with Crippen LogP contribution in [0.4, 0.5) is 0 Å². The van der Waals surface area contributed by atoms with Crippen molar-refractivity contribution in [1.82, 2.24) is 0 Å². The predicted molar refractivity (Wildman–Crippen MR) is 87.9 cm³/mol. The molecule has 7 nitrogen and oxygen atoms in total. The lowest BCUT2D eigenvalue weighted by molar-refractivity contribution is -0.172. The molecular formula is C18H22O7. The first-order valence-electron chi connectivity index (χ1n) is 8.06. The molecule has 0 saturated carbocycles. The lowest BCUT2D eigenvalue weighted by Gasteiger charge is -2.34. The summed E-state index contributed by atoms with van der Waals surface area (Å²) in [6.07, 6.45) is -0.382. The molecule has 0 aromatic heterocycles. The fourth-order valence-electron chi connectivity index (χ4n) is 3.09. The van der Waals surface area contributed by atoms with Crippen LogP contribution < -0.4 is 9.47 Å². The van der Waals surface area contributed by atoms with E-state index in [1.165, 1.54) is 14.2 Å². The number of carbonyl (C=O) groups excluding carboxylic acids is 3. The number of methoxy groups -OCH3 is 2. The molecule has 0 saturated heterocycles. The summed E-state index contributed by atoms with van der Waals surface area (Å²) in [5.74, 6) is -1.14. The molecule has 0 bridgehead atoms. The summed E-state index contributed by atoms with van der Waals surface area (Å²) in [5.41, 5.74) is -0.944. The molecule has 7 heteroatoms. The maximum Gasteiger partial charge on any atom is 0.324 e. The SMILES string of the molecule is CCOC(=O)C1(C(=O)OCC)CC(=O)c2c(OC)ccc(OC)c2C1. The Morgan fingerprint density at radius 2 is 1.48 bits per heavy atom. The molecule has 1 aromatic carbocycles. The van der Waals surface area contributed by atoms with Gasteiger partial charge < -0.3 is 18.9 Å². The van der Waals surface area contributed by atoms with Crippen molar-refractivity contribution in [2.75, 3.05) is 27.4 Å². The molecule has 2 rings (SSSR count). The molecule has 136 valence electrons. The predicted octanol–water partition coefficient (Wildman–Crippen LogP) is 1.95. The van der Waals surface area contributed by atoms with Gasteiger partial charge in [-0.05, 0) is 26.0 Å². The van der Waals surface area contributed by atoms with E-state index in [2.05, 4.69) is 0 Å². The third kappa shape index (κ3) is 3.18. The number of rotatable bonds is 6. The highest BCUT2D eigenvalue weighted by atomic mass is 16.6. The topological polar surface area (TPSA) is 88.1 Å². The summed E-state index contributed by atoms with van der Waals surface area (Å²) >= 11 is 0. The number of fused-ring (bicyclic) bond motifs is 1. The molecule has 0 N–H and O–H groups in total. The summed E-state index contributed by atoms with van der Waals surface area (Å²) < 4.78 is 20.7. The van der Waals surface area contributed by atoms with E-state index in [1.807, 2.05) is 0 Å². The van der Waals surface area contributed by atoms with Gasteiger partial charge in [0.15, 0.2) is 11.2 Å². The third-order valence-electron chi connectivity index (χ3n) is 4.22. The van der Waals surface area contributed by atoms with Gasteiger partial charge in [-0.25, -0.2) is 0 Å². The molecule has 0 aliphatic heterocycles. The van der Waals surface area contributed by atoms with Gasteiger partial charge in [0, 0.05) is 18.4 Å². The van der Waals surface area contributed by atoms with Crippen LogP contribution in [0.5, 0.6) is 11.5 Å². The second kappa shape index (κ2) is 7.55. The van der Waals surface area contributed by atoms with E-state index in [9.17, 15) is 14.4 Å². The molecule has 0 unspecified atom stereocenters. The Kier molecular flexibility index (Phi) is 5.66. The van der Waals surface area contributed by atoms with Crippen LogP contribution in [-0.2, 0) is 25.5 Å². The zero-order valence-electron chi connectivity index (χ0n) is 14.8. The first-order chi connectivity index (χ1) is 11.9. The van der Waals surface area contributed by atoms with Gasteiger partial charge in [0.1, 0.15) is 11.5 Å². The standard InChI is InChI=1S/C18H22O7/c1-5-24-16(20)18(17(21)25-6-2)9-11-13(22-3)7-8-14(23-4)15(11)12(19)10-18/h7-8H,5-6,9-10H2,1-4H3. The van der Waals surface area contributed by atoms with Gasteiger partial charge >= 0.3 is 11.9 Å². The third-order valence-corrected chi connectivity index (χ3v) is 4.22. The molecule has 0 fully saturated rings. The highest BCUT2D eigenvalue weighted by Crippen LogP contribution is 2.44. The lowest BCUT2D eigenvalue weighted by Crippen LogP contribution is -2.48. The minimum Gasteiger partial charge on any atom is -0.496 e. The van der Waals surface area contributed by atoms with Crippen molar-refractivity contribution in [1.29, 1.82) is 0 Å². The van der Waals surface area contributed by atoms with E-state index in [0.29, 0.717) is 22.6 Å². The first kappa shape index (κ1) is 18.8. The summed E-state index contributed by atoms with van der Waals surface area (Å²) in [5, 5.41) is 0. The maximum atomic E-state index is 12.8. The minimum atomic E-state index is -1.71. The molecule has 25 heavy (non-hydrogen) atoms. The van der Waals surface area contributed by atoms with Gasteiger partial charge in [0.2, 0.25) is 0 Å². The number of ether oxygens (including phenoxy) is 4. The Bertz CT molecular complexity index is 675. The summed E-state index contributed by atoms with van der Waals surface area (Å²) in [6.45, 7) is 3.46. The second-order valence-electron chi connectivity index (χ2n) is 5.62. The molecule has 0 radical (unpaired) electrons. The van der Waals surface area contributed by atoms with Crippen LogP contribution in [0.2, 0.25) is 0 Å². The summed E-state index contributed by atoms with van der Waals surface area (Å²) in [4.78, 5) is 38.0. The molecule has 0 heterocycles. The lowest BCUT2D eigenvalue weighted by atomic mass is 9.70. The minimum absolute atomic E-state index is 0.0495. The van der Waals surface area contributed by atoms with Gasteiger partial charge in [-0.2, -0.15) is 0 Å². The Morgan fingerprint density at radius 1 is 0.960 bits per heavy atom. The quantitative estimate of drug-likeness (QED) is 0.572. The van der Waals surface area contributed by atoms with Gasteiger partial charge in [0.05, 0.1) is 33.0 Å². The Labute approximate surface area is 146 Å². The first-order valence-corrected chi connectivity index (χ1v) is 8.06. The van der Waals surface area contributed by atoms with Crippen LogP contribution in [-0.4, -0.2) is 45.2 Å². The molecular weight excluding hydrogens is 328 g/mol. The normalized spacial score (nSPS) is 15.1. The monoisotopic (exact) mass is 350 g/mol. The van der Waals surface area contributed by atoms with Crippen molar-refractivity contribution in [2.24, 2.45) is 5.41 Å². The molecule has 1 aromatic rings. The number of hydrogen-bond donors (Lipinski definition) is 0. The van der Waals surface area contributed by atoms with Crippen molar-refractivity contribution in [2.45, 2.75) is 26.7 Å². The smallest absolute Gasteiger partial charge is 0.324 e. The fourth-order valence-corrected chi connectivity index (χ4v) is 3.09. The Hall–Kier alpha value is -2.57. The molecule has 0 amide bonds. The Morgan fingerprint density at radius 3 is 1.96 bits per heavy atom. The van der Waals surface area contributed by atoms with Crippen LogP contribution in [0, 0.1) is 5.41 Å². The highest BCUT2D eigenvalue weighted by Gasteiger charge is 2.54. The fraction of sp³-hybridized carbons (Fsp3) is 0.500. The summed E-state index contributed by atoms with van der Waals surface area (Å²) in [7, 11) is 2.91. The summed E-state index contributed by atoms with van der Waals surface area (Å²) in [6, 6.07) is 3.26. The van der Waals surface area contributed by atoms with E-state index < -0.39 is 23.1 Å². The Balaban J connectivity index is 2.63. The van der Waals surface area contributed by atoms with Crippen molar-refractivity contribution in [3.8, 4) is 11.5 Å². The average molecular weight is 350 g/mol. The van der Waals surface area contributed by atoms with Crippen LogP contribution in [0.1, 0.15) is 36.2 Å². The van der Waals surface area contributed by atoms with Gasteiger partial charge in [-0.3, -0.25) is 14.4 Å². The highest BCUT2D eigenvalue weighted by molar-refractivity contribution is 6.11. The van der Waals surface area contributed by atoms with E-state index in [0.717, 1.165) is 0 Å². The molecule has 0 spiro atoms.